The van der Waals surface area contributed by atoms with E-state index in [2.05, 4.69) is 26.3 Å². The molecule has 5 nitrogen and oxygen atoms in total. The number of benzene rings is 1. The van der Waals surface area contributed by atoms with Gasteiger partial charge in [0, 0.05) is 19.0 Å². The Labute approximate surface area is 136 Å². The number of imidazole rings is 1. The highest BCUT2D eigenvalue weighted by molar-refractivity contribution is 5.91. The van der Waals surface area contributed by atoms with Crippen molar-refractivity contribution in [3.63, 3.8) is 0 Å². The molecule has 0 radical (unpaired) electrons. The number of hydrogen-bond donors (Lipinski definition) is 2. The monoisotopic (exact) mass is 322 g/mol. The van der Waals surface area contributed by atoms with Crippen LogP contribution in [0.5, 0.6) is 0 Å². The van der Waals surface area contributed by atoms with Crippen LogP contribution < -0.4 is 10.6 Å². The smallest absolute Gasteiger partial charge is 0.227 e. The lowest BCUT2D eigenvalue weighted by atomic mass is 10.2. The van der Waals surface area contributed by atoms with Crippen LogP contribution in [0.3, 0.4) is 0 Å². The van der Waals surface area contributed by atoms with Crippen LogP contribution in [0.15, 0.2) is 24.3 Å². The van der Waals surface area contributed by atoms with Crippen LogP contribution in [0.2, 0.25) is 0 Å². The summed E-state index contributed by atoms with van der Waals surface area (Å²) in [5, 5.41) is 5.98. The average Bonchev–Trinajstić information content (AvgIpc) is 3.11. The molecule has 1 heterocycles. The first-order chi connectivity index (χ1) is 10.3. The Bertz CT molecular complexity index is 634. The normalized spacial score (nSPS) is 15.0. The van der Waals surface area contributed by atoms with Crippen LogP contribution >= 0.6 is 12.4 Å². The van der Waals surface area contributed by atoms with Gasteiger partial charge in [0.1, 0.15) is 0 Å². The molecule has 2 N–H and O–H groups in total. The van der Waals surface area contributed by atoms with Crippen LogP contribution in [0.25, 0.3) is 11.0 Å². The summed E-state index contributed by atoms with van der Waals surface area (Å²) in [4.78, 5) is 16.6. The molecule has 1 saturated carbocycles. The highest BCUT2D eigenvalue weighted by atomic mass is 35.5. The van der Waals surface area contributed by atoms with Crippen LogP contribution in [0.4, 0.5) is 5.95 Å². The van der Waals surface area contributed by atoms with Crippen molar-refractivity contribution in [1.82, 2.24) is 14.9 Å². The zero-order valence-corrected chi connectivity index (χ0v) is 13.7. The molecule has 0 aliphatic heterocycles. The quantitative estimate of drug-likeness (QED) is 0.889. The van der Waals surface area contributed by atoms with Crippen molar-refractivity contribution < 1.29 is 4.79 Å². The maximum absolute atomic E-state index is 12.0. The molecular weight excluding hydrogens is 300 g/mol. The van der Waals surface area contributed by atoms with Crippen LogP contribution in [0, 0.1) is 0 Å². The van der Waals surface area contributed by atoms with E-state index < -0.39 is 0 Å². The zero-order valence-electron chi connectivity index (χ0n) is 12.8. The standard InChI is InChI=1S/C16H22N4O.ClH/c1-17-11-10-15(21)19-16-18-13-8-4-5-9-14(13)20(16)12-6-2-3-7-12;/h4-5,8-9,12,17H,2-3,6-7,10-11H2,1H3,(H,18,19,21);1H. The van der Waals surface area contributed by atoms with Crippen molar-refractivity contribution in [1.29, 1.82) is 0 Å². The second-order valence-electron chi connectivity index (χ2n) is 5.63. The summed E-state index contributed by atoms with van der Waals surface area (Å²) in [5.41, 5.74) is 2.07. The Morgan fingerprint density at radius 1 is 1.32 bits per heavy atom. The van der Waals surface area contributed by atoms with E-state index in [-0.39, 0.29) is 18.3 Å². The van der Waals surface area contributed by atoms with Gasteiger partial charge in [-0.25, -0.2) is 4.98 Å². The first-order valence-corrected chi connectivity index (χ1v) is 7.71. The number of amides is 1. The van der Waals surface area contributed by atoms with Gasteiger partial charge < -0.3 is 9.88 Å². The molecular formula is C16H23ClN4O. The van der Waals surface area contributed by atoms with E-state index in [9.17, 15) is 4.79 Å². The molecule has 0 atom stereocenters. The van der Waals surface area contributed by atoms with Gasteiger partial charge in [-0.1, -0.05) is 25.0 Å². The van der Waals surface area contributed by atoms with Gasteiger partial charge in [0.25, 0.3) is 0 Å². The number of nitrogens with one attached hydrogen (secondary N) is 2. The second-order valence-corrected chi connectivity index (χ2v) is 5.63. The molecule has 1 aliphatic rings. The molecule has 1 amide bonds. The van der Waals surface area contributed by atoms with Crippen molar-refractivity contribution in [2.75, 3.05) is 18.9 Å². The molecule has 1 aliphatic carbocycles. The zero-order chi connectivity index (χ0) is 14.7. The summed E-state index contributed by atoms with van der Waals surface area (Å²) < 4.78 is 2.22. The van der Waals surface area contributed by atoms with Crippen LogP contribution in [0.1, 0.15) is 38.1 Å². The first-order valence-electron chi connectivity index (χ1n) is 7.71. The Morgan fingerprint density at radius 3 is 2.77 bits per heavy atom. The highest BCUT2D eigenvalue weighted by Crippen LogP contribution is 2.35. The minimum absolute atomic E-state index is 0. The summed E-state index contributed by atoms with van der Waals surface area (Å²) in [6, 6.07) is 8.56. The summed E-state index contributed by atoms with van der Waals surface area (Å²) in [6.45, 7) is 0.676. The van der Waals surface area contributed by atoms with Gasteiger partial charge in [-0.15, -0.1) is 12.4 Å². The van der Waals surface area contributed by atoms with Crippen molar-refractivity contribution in [2.45, 2.75) is 38.1 Å². The number of carbonyl (C=O) groups excluding carboxylic acids is 1. The maximum atomic E-state index is 12.0. The van der Waals surface area contributed by atoms with Crippen molar-refractivity contribution in [3.05, 3.63) is 24.3 Å². The minimum atomic E-state index is 0. The molecule has 0 bridgehead atoms. The summed E-state index contributed by atoms with van der Waals surface area (Å²) in [6.07, 6.45) is 5.30. The lowest BCUT2D eigenvalue weighted by Crippen LogP contribution is -2.21. The Kier molecular flexibility index (Phi) is 5.80. The molecule has 0 saturated heterocycles. The lowest BCUT2D eigenvalue weighted by molar-refractivity contribution is -0.116. The highest BCUT2D eigenvalue weighted by Gasteiger charge is 2.23. The van der Waals surface area contributed by atoms with Crippen LogP contribution in [-0.4, -0.2) is 29.1 Å². The SMILES string of the molecule is CNCCC(=O)Nc1nc2ccccc2n1C1CCCC1.Cl. The lowest BCUT2D eigenvalue weighted by Gasteiger charge is -2.16. The van der Waals surface area contributed by atoms with Crippen LogP contribution in [-0.2, 0) is 4.79 Å². The maximum Gasteiger partial charge on any atom is 0.227 e. The van der Waals surface area contributed by atoms with E-state index >= 15 is 0 Å². The number of nitrogens with zero attached hydrogens (tertiary/aromatic N) is 2. The molecule has 0 unspecified atom stereocenters. The van der Waals surface area contributed by atoms with E-state index in [1.807, 2.05) is 25.2 Å². The predicted molar refractivity (Wildman–Crippen MR) is 91.7 cm³/mol. The second kappa shape index (κ2) is 7.61. The largest absolute Gasteiger partial charge is 0.319 e. The molecule has 120 valence electrons. The number of carbonyl (C=O) groups is 1. The fourth-order valence-electron chi connectivity index (χ4n) is 3.09. The number of para-hydroxylation sites is 2. The van der Waals surface area contributed by atoms with Gasteiger partial charge in [0.2, 0.25) is 11.9 Å². The number of fused-ring (bicyclic) bond motifs is 1. The van der Waals surface area contributed by atoms with E-state index in [0.717, 1.165) is 11.0 Å². The summed E-state index contributed by atoms with van der Waals surface area (Å²) in [7, 11) is 1.85. The third-order valence-corrected chi connectivity index (χ3v) is 4.14. The van der Waals surface area contributed by atoms with Gasteiger partial charge in [0.15, 0.2) is 0 Å². The van der Waals surface area contributed by atoms with Crippen molar-refractivity contribution in [3.8, 4) is 0 Å². The number of aromatic nitrogens is 2. The van der Waals surface area contributed by atoms with Crippen molar-refractivity contribution >= 4 is 35.3 Å². The molecule has 1 aromatic heterocycles. The third kappa shape index (κ3) is 3.42. The topological polar surface area (TPSA) is 59.0 Å². The van der Waals surface area contributed by atoms with E-state index in [4.69, 9.17) is 0 Å². The molecule has 2 aromatic rings. The van der Waals surface area contributed by atoms with Gasteiger partial charge in [-0.05, 0) is 32.0 Å². The molecule has 3 rings (SSSR count). The van der Waals surface area contributed by atoms with E-state index in [0.29, 0.717) is 25.0 Å². The molecule has 1 aromatic carbocycles. The van der Waals surface area contributed by atoms with Crippen molar-refractivity contribution in [2.24, 2.45) is 0 Å². The van der Waals surface area contributed by atoms with Gasteiger partial charge in [0.05, 0.1) is 11.0 Å². The average molecular weight is 323 g/mol. The number of hydrogen-bond acceptors (Lipinski definition) is 3. The number of halogens is 1. The molecule has 6 heteroatoms. The Hall–Kier alpha value is -1.59. The molecule has 1 fully saturated rings. The fourth-order valence-corrected chi connectivity index (χ4v) is 3.09. The third-order valence-electron chi connectivity index (χ3n) is 4.14. The number of anilines is 1. The summed E-state index contributed by atoms with van der Waals surface area (Å²) in [5.74, 6) is 0.711. The number of rotatable bonds is 5. The van der Waals surface area contributed by atoms with Gasteiger partial charge >= 0.3 is 0 Å². The van der Waals surface area contributed by atoms with E-state index in [1.165, 1.54) is 25.7 Å². The first kappa shape index (κ1) is 16.8. The van der Waals surface area contributed by atoms with E-state index in [1.54, 1.807) is 0 Å². The Balaban J connectivity index is 0.00000176. The minimum Gasteiger partial charge on any atom is -0.319 e. The Morgan fingerprint density at radius 2 is 2.05 bits per heavy atom. The fraction of sp³-hybridized carbons (Fsp3) is 0.500. The van der Waals surface area contributed by atoms with Gasteiger partial charge in [-0.2, -0.15) is 0 Å². The molecule has 0 spiro atoms. The molecule has 22 heavy (non-hydrogen) atoms. The van der Waals surface area contributed by atoms with Gasteiger partial charge in [-0.3, -0.25) is 10.1 Å². The predicted octanol–water partition coefficient (Wildman–Crippen LogP) is 3.12. The summed E-state index contributed by atoms with van der Waals surface area (Å²) >= 11 is 0.